The van der Waals surface area contributed by atoms with E-state index in [4.69, 9.17) is 5.26 Å². The summed E-state index contributed by atoms with van der Waals surface area (Å²) in [6.45, 7) is 0.480. The van der Waals surface area contributed by atoms with Crippen LogP contribution in [0.25, 0.3) is 0 Å². The number of carbonyl (C=O) groups is 2. The normalized spacial score (nSPS) is 16.8. The van der Waals surface area contributed by atoms with Crippen LogP contribution in [0, 0.1) is 17.2 Å². The molecular formula is C15H17N3O3. The zero-order valence-corrected chi connectivity index (χ0v) is 11.8. The van der Waals surface area contributed by atoms with E-state index in [1.165, 1.54) is 9.80 Å². The number of aliphatic carboxylic acids is 1. The first-order chi connectivity index (χ1) is 10.0. The highest BCUT2D eigenvalue weighted by atomic mass is 16.4. The van der Waals surface area contributed by atoms with Crippen LogP contribution >= 0.6 is 0 Å². The molecule has 2 rings (SSSR count). The van der Waals surface area contributed by atoms with Gasteiger partial charge in [-0.2, -0.15) is 5.26 Å². The van der Waals surface area contributed by atoms with E-state index in [0.29, 0.717) is 13.0 Å². The molecule has 0 bridgehead atoms. The van der Waals surface area contributed by atoms with Crippen LogP contribution in [-0.2, 0) is 11.2 Å². The van der Waals surface area contributed by atoms with Crippen molar-refractivity contribution >= 4 is 17.7 Å². The molecule has 6 heteroatoms. The van der Waals surface area contributed by atoms with E-state index in [-0.39, 0.29) is 19.0 Å². The van der Waals surface area contributed by atoms with Crippen LogP contribution < -0.4 is 4.90 Å². The molecule has 6 nitrogen and oxygen atoms in total. The number of urea groups is 1. The number of carboxylic acid groups (broad SMARTS) is 1. The van der Waals surface area contributed by atoms with Crippen LogP contribution in [0.3, 0.4) is 0 Å². The highest BCUT2D eigenvalue weighted by Crippen LogP contribution is 2.30. The lowest BCUT2D eigenvalue weighted by molar-refractivity contribution is -0.141. The molecule has 0 fully saturated rings. The minimum Gasteiger partial charge on any atom is -0.481 e. The molecule has 1 aliphatic heterocycles. The maximum absolute atomic E-state index is 12.5. The second-order valence-corrected chi connectivity index (χ2v) is 5.09. The van der Waals surface area contributed by atoms with Gasteiger partial charge in [-0.05, 0) is 18.1 Å². The number of carboxylic acids is 1. The average Bonchev–Trinajstić information content (AvgIpc) is 2.50. The third-order valence-electron chi connectivity index (χ3n) is 3.62. The summed E-state index contributed by atoms with van der Waals surface area (Å²) < 4.78 is 0. The van der Waals surface area contributed by atoms with E-state index in [0.717, 1.165) is 11.3 Å². The van der Waals surface area contributed by atoms with Gasteiger partial charge in [0.05, 0.1) is 18.4 Å². The molecule has 0 aromatic heterocycles. The van der Waals surface area contributed by atoms with Crippen molar-refractivity contribution in [3.63, 3.8) is 0 Å². The number of rotatable bonds is 3. The topological polar surface area (TPSA) is 84.6 Å². The number of nitrogens with zero attached hydrogens (tertiary/aromatic N) is 3. The Hall–Kier alpha value is -2.55. The van der Waals surface area contributed by atoms with Crippen LogP contribution in [0.4, 0.5) is 10.5 Å². The maximum Gasteiger partial charge on any atom is 0.324 e. The maximum atomic E-state index is 12.5. The Kier molecular flexibility index (Phi) is 4.43. The van der Waals surface area contributed by atoms with Gasteiger partial charge in [-0.1, -0.05) is 18.2 Å². The van der Waals surface area contributed by atoms with Gasteiger partial charge >= 0.3 is 12.0 Å². The average molecular weight is 287 g/mol. The van der Waals surface area contributed by atoms with Crippen molar-refractivity contribution in [2.75, 3.05) is 25.0 Å². The second-order valence-electron chi connectivity index (χ2n) is 5.09. The predicted molar refractivity (Wildman–Crippen MR) is 76.9 cm³/mol. The van der Waals surface area contributed by atoms with E-state index in [1.807, 2.05) is 30.3 Å². The predicted octanol–water partition coefficient (Wildman–Crippen LogP) is 1.72. The summed E-state index contributed by atoms with van der Waals surface area (Å²) in [6, 6.07) is 9.06. The quantitative estimate of drug-likeness (QED) is 0.917. The number of benzene rings is 1. The zero-order valence-electron chi connectivity index (χ0n) is 11.8. The van der Waals surface area contributed by atoms with Gasteiger partial charge < -0.3 is 10.0 Å². The van der Waals surface area contributed by atoms with Crippen molar-refractivity contribution in [2.45, 2.75) is 12.8 Å². The van der Waals surface area contributed by atoms with E-state index in [1.54, 1.807) is 7.05 Å². The summed E-state index contributed by atoms with van der Waals surface area (Å²) >= 11 is 0. The largest absolute Gasteiger partial charge is 0.481 e. The molecule has 0 saturated heterocycles. The molecule has 0 radical (unpaired) electrons. The van der Waals surface area contributed by atoms with E-state index < -0.39 is 11.9 Å². The van der Waals surface area contributed by atoms with Crippen LogP contribution in [0.5, 0.6) is 0 Å². The van der Waals surface area contributed by atoms with Crippen LogP contribution in [0.1, 0.15) is 12.0 Å². The molecular weight excluding hydrogens is 270 g/mol. The monoisotopic (exact) mass is 287 g/mol. The van der Waals surface area contributed by atoms with Gasteiger partial charge in [0.2, 0.25) is 0 Å². The van der Waals surface area contributed by atoms with Crippen molar-refractivity contribution < 1.29 is 14.7 Å². The fourth-order valence-electron chi connectivity index (χ4n) is 2.46. The smallest absolute Gasteiger partial charge is 0.324 e. The molecule has 2 amide bonds. The Balaban J connectivity index is 2.27. The van der Waals surface area contributed by atoms with E-state index >= 15 is 0 Å². The molecule has 1 aliphatic rings. The van der Waals surface area contributed by atoms with Crippen molar-refractivity contribution in [3.05, 3.63) is 29.8 Å². The Morgan fingerprint density at radius 3 is 2.86 bits per heavy atom. The SMILES string of the molecule is CN(CCC#N)C(=O)N1CC(C(=O)O)Cc2ccccc21. The molecule has 1 atom stereocenters. The van der Waals surface area contributed by atoms with Gasteiger partial charge in [0.15, 0.2) is 0 Å². The van der Waals surface area contributed by atoms with Crippen molar-refractivity contribution in [1.82, 2.24) is 4.90 Å². The number of hydrogen-bond acceptors (Lipinski definition) is 3. The number of hydrogen-bond donors (Lipinski definition) is 1. The molecule has 1 aromatic carbocycles. The minimum absolute atomic E-state index is 0.155. The fraction of sp³-hybridized carbons (Fsp3) is 0.400. The number of nitriles is 1. The Bertz CT molecular complexity index is 594. The zero-order chi connectivity index (χ0) is 15.4. The van der Waals surface area contributed by atoms with Gasteiger partial charge in [0.1, 0.15) is 0 Å². The number of amides is 2. The van der Waals surface area contributed by atoms with Crippen LogP contribution in [-0.4, -0.2) is 42.1 Å². The molecule has 110 valence electrons. The summed E-state index contributed by atoms with van der Waals surface area (Å²) in [5.41, 5.74) is 1.61. The Morgan fingerprint density at radius 1 is 1.48 bits per heavy atom. The van der Waals surface area contributed by atoms with Gasteiger partial charge in [0, 0.05) is 25.8 Å². The molecule has 0 spiro atoms. The minimum atomic E-state index is -0.901. The summed E-state index contributed by atoms with van der Waals surface area (Å²) in [5.74, 6) is -1.50. The highest BCUT2D eigenvalue weighted by molar-refractivity contribution is 5.94. The highest BCUT2D eigenvalue weighted by Gasteiger charge is 2.33. The molecule has 1 aromatic rings. The number of para-hydroxylation sites is 1. The second kappa shape index (κ2) is 6.27. The molecule has 0 saturated carbocycles. The first-order valence-electron chi connectivity index (χ1n) is 6.75. The summed E-state index contributed by atoms with van der Waals surface area (Å²) in [5, 5.41) is 17.8. The standard InChI is InChI=1S/C15H17N3O3/c1-17(8-4-7-16)15(21)18-10-12(14(19)20)9-11-5-2-3-6-13(11)18/h2-3,5-6,12H,4,8-10H2,1H3,(H,19,20). The summed E-state index contributed by atoms with van der Waals surface area (Å²) in [7, 11) is 1.62. The Labute approximate surface area is 123 Å². The number of anilines is 1. The van der Waals surface area contributed by atoms with Crippen molar-refractivity contribution in [3.8, 4) is 6.07 Å². The van der Waals surface area contributed by atoms with Gasteiger partial charge in [-0.25, -0.2) is 4.79 Å². The van der Waals surface area contributed by atoms with Crippen LogP contribution in [0.2, 0.25) is 0 Å². The number of fused-ring (bicyclic) bond motifs is 1. The third-order valence-corrected chi connectivity index (χ3v) is 3.62. The molecule has 1 N–H and O–H groups in total. The summed E-state index contributed by atoms with van der Waals surface area (Å²) in [4.78, 5) is 26.7. The molecule has 21 heavy (non-hydrogen) atoms. The van der Waals surface area contributed by atoms with Gasteiger partial charge in [0.25, 0.3) is 0 Å². The molecule has 1 unspecified atom stereocenters. The van der Waals surface area contributed by atoms with Gasteiger partial charge in [-0.15, -0.1) is 0 Å². The summed E-state index contributed by atoms with van der Waals surface area (Å²) in [6.07, 6.45) is 0.678. The molecule has 0 aliphatic carbocycles. The first-order valence-corrected chi connectivity index (χ1v) is 6.75. The van der Waals surface area contributed by atoms with E-state index in [9.17, 15) is 14.7 Å². The Morgan fingerprint density at radius 2 is 2.19 bits per heavy atom. The lowest BCUT2D eigenvalue weighted by Gasteiger charge is -2.35. The molecule has 1 heterocycles. The van der Waals surface area contributed by atoms with Crippen LogP contribution in [0.15, 0.2) is 24.3 Å². The lowest BCUT2D eigenvalue weighted by atomic mass is 9.93. The lowest BCUT2D eigenvalue weighted by Crippen LogP contribution is -2.48. The van der Waals surface area contributed by atoms with Crippen molar-refractivity contribution in [1.29, 1.82) is 5.26 Å². The van der Waals surface area contributed by atoms with E-state index in [2.05, 4.69) is 0 Å². The number of carbonyl (C=O) groups excluding carboxylic acids is 1. The fourth-order valence-corrected chi connectivity index (χ4v) is 2.46. The third kappa shape index (κ3) is 3.14. The first kappa shape index (κ1) is 14.9. The van der Waals surface area contributed by atoms with Crippen molar-refractivity contribution in [2.24, 2.45) is 5.92 Å². The van der Waals surface area contributed by atoms with Gasteiger partial charge in [-0.3, -0.25) is 9.69 Å².